The summed E-state index contributed by atoms with van der Waals surface area (Å²) < 4.78 is 10.8. The SMILES string of the molecule is COc1ccc(C(CC(=O)Nc2cccc3cccnc23)C2CC2)cc1OC. The van der Waals surface area contributed by atoms with Crippen molar-refractivity contribution in [2.75, 3.05) is 19.5 Å². The van der Waals surface area contributed by atoms with Crippen molar-refractivity contribution in [1.29, 1.82) is 0 Å². The number of anilines is 1. The second-order valence-electron chi connectivity index (χ2n) is 7.19. The van der Waals surface area contributed by atoms with Crippen LogP contribution in [-0.4, -0.2) is 25.1 Å². The van der Waals surface area contributed by atoms with Gasteiger partial charge in [-0.15, -0.1) is 0 Å². The molecule has 0 bridgehead atoms. The van der Waals surface area contributed by atoms with E-state index in [1.54, 1.807) is 20.4 Å². The normalized spacial score (nSPS) is 14.5. The molecule has 5 heteroatoms. The maximum absolute atomic E-state index is 12.9. The van der Waals surface area contributed by atoms with Crippen molar-refractivity contribution >= 4 is 22.5 Å². The average Bonchev–Trinajstić information content (AvgIpc) is 3.57. The maximum Gasteiger partial charge on any atom is 0.225 e. The third-order valence-corrected chi connectivity index (χ3v) is 5.34. The van der Waals surface area contributed by atoms with Crippen LogP contribution >= 0.6 is 0 Å². The highest BCUT2D eigenvalue weighted by atomic mass is 16.5. The lowest BCUT2D eigenvalue weighted by atomic mass is 9.90. The topological polar surface area (TPSA) is 60.5 Å². The summed E-state index contributed by atoms with van der Waals surface area (Å²) in [6.45, 7) is 0. The fourth-order valence-electron chi connectivity index (χ4n) is 3.74. The number of rotatable bonds is 7. The van der Waals surface area contributed by atoms with E-state index in [4.69, 9.17) is 9.47 Å². The van der Waals surface area contributed by atoms with Gasteiger partial charge in [0.2, 0.25) is 5.91 Å². The first-order valence-electron chi connectivity index (χ1n) is 9.55. The number of benzene rings is 2. The summed E-state index contributed by atoms with van der Waals surface area (Å²) in [5.41, 5.74) is 2.68. The van der Waals surface area contributed by atoms with Crippen LogP contribution in [-0.2, 0) is 4.79 Å². The molecule has 0 aliphatic heterocycles. The Kier molecular flexibility index (Phi) is 5.15. The summed E-state index contributed by atoms with van der Waals surface area (Å²) in [5.74, 6) is 2.11. The van der Waals surface area contributed by atoms with Gasteiger partial charge in [0.15, 0.2) is 11.5 Å². The van der Waals surface area contributed by atoms with Gasteiger partial charge < -0.3 is 14.8 Å². The predicted molar refractivity (Wildman–Crippen MR) is 110 cm³/mol. The van der Waals surface area contributed by atoms with E-state index >= 15 is 0 Å². The fourth-order valence-corrected chi connectivity index (χ4v) is 3.74. The number of amides is 1. The number of ether oxygens (including phenoxy) is 2. The molecule has 0 spiro atoms. The van der Waals surface area contributed by atoms with Crippen molar-refractivity contribution < 1.29 is 14.3 Å². The van der Waals surface area contributed by atoms with Crippen molar-refractivity contribution in [2.45, 2.75) is 25.2 Å². The molecule has 2 aromatic carbocycles. The number of nitrogens with zero attached hydrogens (tertiary/aromatic N) is 1. The number of fused-ring (bicyclic) bond motifs is 1. The van der Waals surface area contributed by atoms with Crippen LogP contribution in [0.15, 0.2) is 54.7 Å². The molecule has 1 fully saturated rings. The lowest BCUT2D eigenvalue weighted by molar-refractivity contribution is -0.116. The Morgan fingerprint density at radius 1 is 1.11 bits per heavy atom. The zero-order chi connectivity index (χ0) is 19.5. The van der Waals surface area contributed by atoms with E-state index in [1.807, 2.05) is 48.5 Å². The van der Waals surface area contributed by atoms with Crippen molar-refractivity contribution in [3.63, 3.8) is 0 Å². The number of nitrogens with one attached hydrogen (secondary N) is 1. The second-order valence-corrected chi connectivity index (χ2v) is 7.19. The fraction of sp³-hybridized carbons (Fsp3) is 0.304. The molecule has 5 nitrogen and oxygen atoms in total. The molecule has 144 valence electrons. The third kappa shape index (κ3) is 3.79. The van der Waals surface area contributed by atoms with Crippen molar-refractivity contribution in [3.05, 3.63) is 60.3 Å². The number of carbonyl (C=O) groups excluding carboxylic acids is 1. The number of carbonyl (C=O) groups is 1. The van der Waals surface area contributed by atoms with Crippen LogP contribution in [0.5, 0.6) is 11.5 Å². The minimum absolute atomic E-state index is 0.00448. The van der Waals surface area contributed by atoms with Gasteiger partial charge in [-0.05, 0) is 54.5 Å². The Balaban J connectivity index is 1.54. The van der Waals surface area contributed by atoms with Gasteiger partial charge in [-0.1, -0.05) is 24.3 Å². The van der Waals surface area contributed by atoms with Crippen LogP contribution in [0.3, 0.4) is 0 Å². The highest BCUT2D eigenvalue weighted by Gasteiger charge is 2.34. The lowest BCUT2D eigenvalue weighted by Gasteiger charge is -2.19. The molecule has 4 rings (SSSR count). The Morgan fingerprint density at radius 3 is 2.64 bits per heavy atom. The summed E-state index contributed by atoms with van der Waals surface area (Å²) in [4.78, 5) is 17.3. The van der Waals surface area contributed by atoms with Crippen molar-refractivity contribution in [1.82, 2.24) is 4.98 Å². The largest absolute Gasteiger partial charge is 0.493 e. The molecule has 28 heavy (non-hydrogen) atoms. The van der Waals surface area contributed by atoms with Gasteiger partial charge in [0.1, 0.15) is 0 Å². The number of aromatic nitrogens is 1. The zero-order valence-electron chi connectivity index (χ0n) is 16.1. The Bertz CT molecular complexity index is 993. The molecule has 1 N–H and O–H groups in total. The monoisotopic (exact) mass is 376 g/mol. The third-order valence-electron chi connectivity index (χ3n) is 5.34. The molecule has 1 heterocycles. The molecule has 1 aliphatic rings. The first-order valence-corrected chi connectivity index (χ1v) is 9.55. The summed E-state index contributed by atoms with van der Waals surface area (Å²) in [6.07, 6.45) is 4.49. The number of hydrogen-bond acceptors (Lipinski definition) is 4. The lowest BCUT2D eigenvalue weighted by Crippen LogP contribution is -2.17. The average molecular weight is 376 g/mol. The van der Waals surface area contributed by atoms with Gasteiger partial charge in [-0.2, -0.15) is 0 Å². The molecule has 1 amide bonds. The van der Waals surface area contributed by atoms with Gasteiger partial charge in [0, 0.05) is 18.0 Å². The predicted octanol–water partition coefficient (Wildman–Crippen LogP) is 4.77. The van der Waals surface area contributed by atoms with Gasteiger partial charge in [0.25, 0.3) is 0 Å². The van der Waals surface area contributed by atoms with E-state index in [9.17, 15) is 4.79 Å². The number of hydrogen-bond donors (Lipinski definition) is 1. The summed E-state index contributed by atoms with van der Waals surface area (Å²) >= 11 is 0. The maximum atomic E-state index is 12.9. The first-order chi connectivity index (χ1) is 13.7. The van der Waals surface area contributed by atoms with E-state index in [1.165, 1.54) is 0 Å². The molecule has 0 saturated heterocycles. The van der Waals surface area contributed by atoms with E-state index in [0.717, 1.165) is 35.0 Å². The van der Waals surface area contributed by atoms with Crippen LogP contribution in [0, 0.1) is 5.92 Å². The minimum Gasteiger partial charge on any atom is -0.493 e. The standard InChI is InChI=1S/C23H24N2O3/c1-27-20-11-10-17(13-21(20)28-2)18(15-8-9-15)14-22(26)25-19-7-3-5-16-6-4-12-24-23(16)19/h3-7,10-13,15,18H,8-9,14H2,1-2H3,(H,25,26). The molecule has 1 aliphatic carbocycles. The molecule has 0 radical (unpaired) electrons. The van der Waals surface area contributed by atoms with Gasteiger partial charge in [-0.3, -0.25) is 9.78 Å². The second kappa shape index (κ2) is 7.89. The number of methoxy groups -OCH3 is 2. The summed E-state index contributed by atoms with van der Waals surface area (Å²) in [6, 6.07) is 15.7. The molecule has 3 aromatic rings. The van der Waals surface area contributed by atoms with Crippen molar-refractivity contribution in [3.8, 4) is 11.5 Å². The van der Waals surface area contributed by atoms with Crippen LogP contribution in [0.2, 0.25) is 0 Å². The van der Waals surface area contributed by atoms with Crippen LogP contribution in [0.25, 0.3) is 10.9 Å². The van der Waals surface area contributed by atoms with Crippen LogP contribution < -0.4 is 14.8 Å². The highest BCUT2D eigenvalue weighted by molar-refractivity contribution is 6.00. The molecule has 1 unspecified atom stereocenters. The molecular formula is C23H24N2O3. The number of pyridine rings is 1. The van der Waals surface area contributed by atoms with E-state index < -0.39 is 0 Å². The van der Waals surface area contributed by atoms with E-state index in [2.05, 4.69) is 10.3 Å². The van der Waals surface area contributed by atoms with Gasteiger partial charge >= 0.3 is 0 Å². The highest BCUT2D eigenvalue weighted by Crippen LogP contribution is 2.46. The first kappa shape index (κ1) is 18.3. The van der Waals surface area contributed by atoms with Crippen LogP contribution in [0.4, 0.5) is 5.69 Å². The molecular weight excluding hydrogens is 352 g/mol. The molecule has 1 aromatic heterocycles. The molecule has 1 atom stereocenters. The van der Waals surface area contributed by atoms with Crippen molar-refractivity contribution in [2.24, 2.45) is 5.92 Å². The molecule has 1 saturated carbocycles. The quantitative estimate of drug-likeness (QED) is 0.645. The van der Waals surface area contributed by atoms with E-state index in [0.29, 0.717) is 23.8 Å². The van der Waals surface area contributed by atoms with Gasteiger partial charge in [0.05, 0.1) is 25.4 Å². The van der Waals surface area contributed by atoms with Crippen LogP contribution in [0.1, 0.15) is 30.7 Å². The summed E-state index contributed by atoms with van der Waals surface area (Å²) in [5, 5.41) is 4.07. The summed E-state index contributed by atoms with van der Waals surface area (Å²) in [7, 11) is 3.26. The Hall–Kier alpha value is -3.08. The zero-order valence-corrected chi connectivity index (χ0v) is 16.1. The number of para-hydroxylation sites is 1. The van der Waals surface area contributed by atoms with E-state index in [-0.39, 0.29) is 11.8 Å². The smallest absolute Gasteiger partial charge is 0.225 e. The Morgan fingerprint density at radius 2 is 1.89 bits per heavy atom. The Labute approximate surface area is 164 Å². The van der Waals surface area contributed by atoms with Gasteiger partial charge in [-0.25, -0.2) is 0 Å². The minimum atomic E-state index is 0.00448.